The quantitative estimate of drug-likeness (QED) is 0.477. The van der Waals surface area contributed by atoms with Gasteiger partial charge in [-0.2, -0.15) is 0 Å². The number of rotatable bonds is 6. The summed E-state index contributed by atoms with van der Waals surface area (Å²) in [4.78, 5) is 21.1. The van der Waals surface area contributed by atoms with E-state index in [9.17, 15) is 4.79 Å². The third kappa shape index (κ3) is 4.83. The van der Waals surface area contributed by atoms with Crippen LogP contribution >= 0.6 is 11.3 Å². The number of hydrogen-bond acceptors (Lipinski definition) is 6. The molecule has 4 rings (SSSR count). The largest absolute Gasteiger partial charge is 0.467 e. The summed E-state index contributed by atoms with van der Waals surface area (Å²) in [6, 6.07) is 7.47. The number of amides is 1. The molecule has 0 aliphatic heterocycles. The Bertz CT molecular complexity index is 1100. The Hall–Kier alpha value is -2.80. The number of anilines is 1. The van der Waals surface area contributed by atoms with Crippen LogP contribution in [0.3, 0.4) is 0 Å². The van der Waals surface area contributed by atoms with Crippen LogP contribution in [0.4, 0.5) is 10.9 Å². The number of nitrogens with one attached hydrogen (secondary N) is 1. The van der Waals surface area contributed by atoms with Crippen molar-refractivity contribution in [1.82, 2.24) is 5.32 Å². The fourth-order valence-corrected chi connectivity index (χ4v) is 5.35. The van der Waals surface area contributed by atoms with Gasteiger partial charge >= 0.3 is 0 Å². The molecular weight excluding hydrogens is 422 g/mol. The lowest BCUT2D eigenvalue weighted by Crippen LogP contribution is -2.28. The van der Waals surface area contributed by atoms with Gasteiger partial charge < -0.3 is 19.1 Å². The maximum Gasteiger partial charge on any atom is 0.255 e. The van der Waals surface area contributed by atoms with Crippen LogP contribution in [0, 0.1) is 11.3 Å². The van der Waals surface area contributed by atoms with E-state index in [1.54, 1.807) is 23.8 Å². The highest BCUT2D eigenvalue weighted by atomic mass is 32.1. The van der Waals surface area contributed by atoms with Crippen LogP contribution in [-0.2, 0) is 19.4 Å². The molecule has 3 heterocycles. The van der Waals surface area contributed by atoms with Crippen LogP contribution in [0.2, 0.25) is 0 Å². The molecule has 0 saturated carbocycles. The van der Waals surface area contributed by atoms with Crippen molar-refractivity contribution in [3.63, 3.8) is 0 Å². The standard InChI is InChI=1S/C25H31N3O3S/c1-25(2,3)16-8-10-19-20(13-16)32-24(27-15-18-9-11-21(31-18)28(4)5)22(19)23(29)26-14-17-7-6-12-30-17/h6-7,9,11-12,15-16H,8,10,13-14H2,1-5H3,(H,26,29)/t16-/m1/s1. The predicted octanol–water partition coefficient (Wildman–Crippen LogP) is 5.83. The van der Waals surface area contributed by atoms with Gasteiger partial charge in [0.15, 0.2) is 5.88 Å². The zero-order valence-electron chi connectivity index (χ0n) is 19.4. The van der Waals surface area contributed by atoms with E-state index in [1.807, 2.05) is 43.3 Å². The number of furan rings is 2. The highest BCUT2D eigenvalue weighted by molar-refractivity contribution is 7.16. The minimum atomic E-state index is -0.103. The van der Waals surface area contributed by atoms with Crippen molar-refractivity contribution in [2.75, 3.05) is 19.0 Å². The zero-order chi connectivity index (χ0) is 22.9. The van der Waals surface area contributed by atoms with Crippen molar-refractivity contribution < 1.29 is 13.6 Å². The minimum absolute atomic E-state index is 0.103. The Morgan fingerprint density at radius 2 is 2.12 bits per heavy atom. The molecule has 3 aromatic heterocycles. The monoisotopic (exact) mass is 453 g/mol. The molecule has 1 aliphatic carbocycles. The summed E-state index contributed by atoms with van der Waals surface area (Å²) in [6.45, 7) is 7.25. The van der Waals surface area contributed by atoms with Crippen molar-refractivity contribution in [2.24, 2.45) is 16.3 Å². The van der Waals surface area contributed by atoms with Gasteiger partial charge in [0.25, 0.3) is 5.91 Å². The van der Waals surface area contributed by atoms with Gasteiger partial charge in [0, 0.05) is 25.0 Å². The average Bonchev–Trinajstić information content (AvgIpc) is 3.48. The van der Waals surface area contributed by atoms with E-state index in [4.69, 9.17) is 13.8 Å². The maximum absolute atomic E-state index is 13.2. The van der Waals surface area contributed by atoms with Crippen LogP contribution in [0.5, 0.6) is 0 Å². The summed E-state index contributed by atoms with van der Waals surface area (Å²) in [6.07, 6.45) is 6.29. The first-order valence-electron chi connectivity index (χ1n) is 11.0. The van der Waals surface area contributed by atoms with Crippen molar-refractivity contribution in [2.45, 2.75) is 46.6 Å². The first-order valence-corrected chi connectivity index (χ1v) is 11.8. The average molecular weight is 454 g/mol. The second-order valence-electron chi connectivity index (χ2n) is 9.58. The number of carbonyl (C=O) groups excluding carboxylic acids is 1. The lowest BCUT2D eigenvalue weighted by molar-refractivity contribution is 0.0947. The van der Waals surface area contributed by atoms with Crippen molar-refractivity contribution >= 4 is 34.3 Å². The lowest BCUT2D eigenvalue weighted by atomic mass is 9.72. The Kier molecular flexibility index (Phi) is 6.29. The normalized spacial score (nSPS) is 16.3. The molecule has 1 amide bonds. The fourth-order valence-electron chi connectivity index (χ4n) is 4.08. The Balaban J connectivity index is 1.63. The van der Waals surface area contributed by atoms with Gasteiger partial charge in [0.05, 0.1) is 24.6 Å². The molecule has 1 aliphatic rings. The van der Waals surface area contributed by atoms with E-state index in [0.29, 0.717) is 23.8 Å². The molecule has 7 heteroatoms. The van der Waals surface area contributed by atoms with Gasteiger partial charge in [0.1, 0.15) is 16.5 Å². The van der Waals surface area contributed by atoms with Gasteiger partial charge in [-0.1, -0.05) is 20.8 Å². The van der Waals surface area contributed by atoms with E-state index in [-0.39, 0.29) is 11.3 Å². The summed E-state index contributed by atoms with van der Waals surface area (Å²) in [5.74, 6) is 2.65. The summed E-state index contributed by atoms with van der Waals surface area (Å²) in [5.41, 5.74) is 2.08. The van der Waals surface area contributed by atoms with Crippen molar-refractivity contribution in [1.29, 1.82) is 0 Å². The predicted molar refractivity (Wildman–Crippen MR) is 129 cm³/mol. The number of hydrogen-bond donors (Lipinski definition) is 1. The molecule has 0 spiro atoms. The van der Waals surface area contributed by atoms with Gasteiger partial charge in [-0.05, 0) is 54.4 Å². The molecule has 0 radical (unpaired) electrons. The summed E-state index contributed by atoms with van der Waals surface area (Å²) >= 11 is 1.63. The van der Waals surface area contributed by atoms with Crippen LogP contribution in [0.15, 0.2) is 44.4 Å². The third-order valence-corrected chi connectivity index (χ3v) is 7.23. The summed E-state index contributed by atoms with van der Waals surface area (Å²) in [7, 11) is 3.86. The SMILES string of the molecule is CN(C)c1ccc(C=Nc2sc3c(c2C(=O)NCc2ccco2)CC[C@@H](C(C)(C)C)C3)o1. The lowest BCUT2D eigenvalue weighted by Gasteiger charge is -2.33. The Morgan fingerprint density at radius 1 is 1.31 bits per heavy atom. The van der Waals surface area contributed by atoms with Crippen LogP contribution < -0.4 is 10.2 Å². The third-order valence-electron chi connectivity index (χ3n) is 6.06. The molecule has 170 valence electrons. The number of nitrogens with zero attached hydrogens (tertiary/aromatic N) is 2. The van der Waals surface area contributed by atoms with Crippen molar-refractivity contribution in [3.8, 4) is 0 Å². The molecule has 0 bridgehead atoms. The molecule has 3 aromatic rings. The van der Waals surface area contributed by atoms with E-state index in [0.717, 1.165) is 41.5 Å². The van der Waals surface area contributed by atoms with Gasteiger partial charge in [-0.25, -0.2) is 4.99 Å². The number of fused-ring (bicyclic) bond motifs is 1. The molecule has 1 N–H and O–H groups in total. The van der Waals surface area contributed by atoms with E-state index in [1.165, 1.54) is 4.88 Å². The van der Waals surface area contributed by atoms with Gasteiger partial charge in [0.2, 0.25) is 0 Å². The van der Waals surface area contributed by atoms with Crippen LogP contribution in [0.25, 0.3) is 0 Å². The molecular formula is C25H31N3O3S. The fraction of sp³-hybridized carbons (Fsp3) is 0.440. The first-order chi connectivity index (χ1) is 15.2. The molecule has 0 fully saturated rings. The minimum Gasteiger partial charge on any atom is -0.467 e. The second-order valence-corrected chi connectivity index (χ2v) is 10.7. The molecule has 6 nitrogen and oxygen atoms in total. The molecule has 0 aromatic carbocycles. The highest BCUT2D eigenvalue weighted by Gasteiger charge is 2.33. The Labute approximate surface area is 193 Å². The zero-order valence-corrected chi connectivity index (χ0v) is 20.2. The van der Waals surface area contributed by atoms with Gasteiger partial charge in [-0.15, -0.1) is 11.3 Å². The summed E-state index contributed by atoms with van der Waals surface area (Å²) in [5, 5.41) is 3.75. The molecule has 1 atom stereocenters. The van der Waals surface area contributed by atoms with E-state index in [2.05, 4.69) is 26.1 Å². The maximum atomic E-state index is 13.2. The van der Waals surface area contributed by atoms with Gasteiger partial charge in [-0.3, -0.25) is 4.79 Å². The van der Waals surface area contributed by atoms with E-state index < -0.39 is 0 Å². The molecule has 32 heavy (non-hydrogen) atoms. The van der Waals surface area contributed by atoms with Crippen LogP contribution in [-0.4, -0.2) is 26.2 Å². The van der Waals surface area contributed by atoms with Crippen LogP contribution in [0.1, 0.15) is 59.5 Å². The first kappa shape index (κ1) is 22.4. The number of carbonyl (C=O) groups is 1. The topological polar surface area (TPSA) is 71.0 Å². The molecule has 0 saturated heterocycles. The Morgan fingerprint density at radius 3 is 2.78 bits per heavy atom. The van der Waals surface area contributed by atoms with Crippen molar-refractivity contribution in [3.05, 3.63) is 58.1 Å². The number of thiophene rings is 1. The number of aliphatic imine (C=N–C) groups is 1. The summed E-state index contributed by atoms with van der Waals surface area (Å²) < 4.78 is 11.2. The second kappa shape index (κ2) is 8.98. The smallest absolute Gasteiger partial charge is 0.255 e. The van der Waals surface area contributed by atoms with E-state index >= 15 is 0 Å². The molecule has 0 unspecified atom stereocenters. The highest BCUT2D eigenvalue weighted by Crippen LogP contribution is 2.45.